The summed E-state index contributed by atoms with van der Waals surface area (Å²) in [4.78, 5) is 11.8. The van der Waals surface area contributed by atoms with Crippen LogP contribution in [0.2, 0.25) is 32.7 Å². The predicted molar refractivity (Wildman–Crippen MR) is 83.6 cm³/mol. The highest BCUT2D eigenvalue weighted by Crippen LogP contribution is 2.20. The van der Waals surface area contributed by atoms with E-state index in [1.54, 1.807) is 6.92 Å². The lowest BCUT2D eigenvalue weighted by Gasteiger charge is -2.38. The van der Waals surface area contributed by atoms with Crippen LogP contribution in [-0.4, -0.2) is 28.2 Å². The predicted octanol–water partition coefficient (Wildman–Crippen LogP) is 3.44. The third kappa shape index (κ3) is 6.51. The summed E-state index contributed by atoms with van der Waals surface area (Å²) in [5.74, 6) is -0.0480. The molecule has 0 fully saturated rings. The van der Waals surface area contributed by atoms with Crippen LogP contribution in [0.5, 0.6) is 0 Å². The first-order valence-electron chi connectivity index (χ1n) is 6.66. The normalized spacial score (nSPS) is 14.2. The van der Waals surface area contributed by atoms with Gasteiger partial charge in [0.2, 0.25) is 5.91 Å². The molecule has 1 N–H and O–H groups in total. The maximum atomic E-state index is 11.8. The molecule has 0 aromatic rings. The zero-order valence-electron chi connectivity index (χ0n) is 13.0. The standard InChI is InChI=1S/C13H29NO2Si2/c1-9-10-12(14-13(15)11(2)3)18(7,8)16-17(4,5)6/h12H,2,9-10H2,1,3-8H3,(H,14,15). The molecule has 0 rings (SSSR count). The Morgan fingerprint density at radius 3 is 2.11 bits per heavy atom. The van der Waals surface area contributed by atoms with Gasteiger partial charge in [0.05, 0.1) is 0 Å². The van der Waals surface area contributed by atoms with E-state index in [0.29, 0.717) is 5.57 Å². The van der Waals surface area contributed by atoms with Crippen LogP contribution in [0.15, 0.2) is 12.2 Å². The Morgan fingerprint density at radius 2 is 1.78 bits per heavy atom. The van der Waals surface area contributed by atoms with Gasteiger partial charge in [0.25, 0.3) is 0 Å². The van der Waals surface area contributed by atoms with Gasteiger partial charge >= 0.3 is 0 Å². The van der Waals surface area contributed by atoms with Gasteiger partial charge < -0.3 is 9.43 Å². The van der Waals surface area contributed by atoms with Gasteiger partial charge in [0.15, 0.2) is 16.6 Å². The molecule has 0 saturated heterocycles. The number of amides is 1. The zero-order valence-corrected chi connectivity index (χ0v) is 15.0. The topological polar surface area (TPSA) is 38.3 Å². The monoisotopic (exact) mass is 287 g/mol. The highest BCUT2D eigenvalue weighted by atomic mass is 28.4. The first-order chi connectivity index (χ1) is 7.99. The molecule has 0 radical (unpaired) electrons. The number of carbonyl (C=O) groups excluding carboxylic acids is 1. The molecule has 1 unspecified atom stereocenters. The van der Waals surface area contributed by atoms with Gasteiger partial charge in [-0.15, -0.1) is 0 Å². The van der Waals surface area contributed by atoms with Crippen LogP contribution in [0.3, 0.4) is 0 Å². The van der Waals surface area contributed by atoms with Gasteiger partial charge in [-0.2, -0.15) is 0 Å². The Kier molecular flexibility index (Phi) is 6.53. The lowest BCUT2D eigenvalue weighted by atomic mass is 10.3. The number of hydrogen-bond acceptors (Lipinski definition) is 2. The number of carbonyl (C=O) groups is 1. The quantitative estimate of drug-likeness (QED) is 0.575. The molecule has 0 spiro atoms. The Labute approximate surface area is 114 Å². The lowest BCUT2D eigenvalue weighted by Crippen LogP contribution is -2.58. The molecule has 1 amide bonds. The van der Waals surface area contributed by atoms with Gasteiger partial charge in [-0.25, -0.2) is 0 Å². The van der Waals surface area contributed by atoms with Crippen LogP contribution < -0.4 is 5.32 Å². The van der Waals surface area contributed by atoms with Gasteiger partial charge in [0, 0.05) is 11.2 Å². The van der Waals surface area contributed by atoms with Crippen LogP contribution in [-0.2, 0) is 8.91 Å². The first-order valence-corrected chi connectivity index (χ1v) is 13.1. The van der Waals surface area contributed by atoms with E-state index in [1.165, 1.54) is 0 Å². The Morgan fingerprint density at radius 1 is 1.28 bits per heavy atom. The van der Waals surface area contributed by atoms with Crippen molar-refractivity contribution in [2.45, 2.75) is 65.1 Å². The fraction of sp³-hybridized carbons (Fsp3) is 0.769. The highest BCUT2D eigenvalue weighted by Gasteiger charge is 2.37. The van der Waals surface area contributed by atoms with Crippen molar-refractivity contribution in [1.82, 2.24) is 5.32 Å². The summed E-state index contributed by atoms with van der Waals surface area (Å²) >= 11 is 0. The van der Waals surface area contributed by atoms with Crippen molar-refractivity contribution in [3.8, 4) is 0 Å². The maximum absolute atomic E-state index is 11.8. The van der Waals surface area contributed by atoms with E-state index >= 15 is 0 Å². The molecule has 0 aliphatic rings. The van der Waals surface area contributed by atoms with Crippen molar-refractivity contribution >= 4 is 22.5 Å². The average Bonchev–Trinajstić information content (AvgIpc) is 2.12. The fourth-order valence-corrected chi connectivity index (χ4v) is 10.4. The van der Waals surface area contributed by atoms with Crippen molar-refractivity contribution in [3.05, 3.63) is 12.2 Å². The molecule has 0 saturated carbocycles. The molecule has 1 atom stereocenters. The third-order valence-corrected chi connectivity index (χ3v) is 9.34. The van der Waals surface area contributed by atoms with Crippen LogP contribution in [0.4, 0.5) is 0 Å². The number of rotatable bonds is 7. The van der Waals surface area contributed by atoms with E-state index in [9.17, 15) is 4.79 Å². The van der Waals surface area contributed by atoms with Crippen molar-refractivity contribution < 1.29 is 8.91 Å². The smallest absolute Gasteiger partial charge is 0.246 e. The van der Waals surface area contributed by atoms with Crippen molar-refractivity contribution in [2.24, 2.45) is 0 Å². The van der Waals surface area contributed by atoms with Crippen LogP contribution >= 0.6 is 0 Å². The molecule has 0 aromatic carbocycles. The minimum Gasteiger partial charge on any atom is -0.454 e. The molecule has 0 aliphatic carbocycles. The van der Waals surface area contributed by atoms with Crippen LogP contribution in [0, 0.1) is 0 Å². The van der Waals surface area contributed by atoms with E-state index < -0.39 is 16.6 Å². The highest BCUT2D eigenvalue weighted by molar-refractivity contribution is 6.85. The summed E-state index contributed by atoms with van der Waals surface area (Å²) in [7, 11) is -3.48. The Bertz CT molecular complexity index is 309. The van der Waals surface area contributed by atoms with Gasteiger partial charge in [-0.1, -0.05) is 19.9 Å². The van der Waals surface area contributed by atoms with Crippen molar-refractivity contribution in [3.63, 3.8) is 0 Å². The van der Waals surface area contributed by atoms with Gasteiger partial charge in [0.1, 0.15) is 0 Å². The van der Waals surface area contributed by atoms with Gasteiger partial charge in [-0.05, 0) is 46.1 Å². The average molecular weight is 288 g/mol. The minimum absolute atomic E-state index is 0.0480. The van der Waals surface area contributed by atoms with E-state index in [1.807, 2.05) is 0 Å². The van der Waals surface area contributed by atoms with E-state index in [-0.39, 0.29) is 11.6 Å². The summed E-state index contributed by atoms with van der Waals surface area (Å²) in [5, 5.41) is 3.10. The van der Waals surface area contributed by atoms with Gasteiger partial charge in [-0.3, -0.25) is 4.79 Å². The third-order valence-electron chi connectivity index (χ3n) is 2.68. The molecule has 18 heavy (non-hydrogen) atoms. The molecule has 0 heterocycles. The van der Waals surface area contributed by atoms with E-state index in [2.05, 4.69) is 51.6 Å². The number of hydrogen-bond donors (Lipinski definition) is 1. The Hall–Kier alpha value is -0.396. The molecular weight excluding hydrogens is 258 g/mol. The van der Waals surface area contributed by atoms with Crippen LogP contribution in [0.1, 0.15) is 26.7 Å². The zero-order chi connectivity index (χ0) is 14.6. The molecule has 0 bridgehead atoms. The summed E-state index contributed by atoms with van der Waals surface area (Å²) in [6.45, 7) is 18.6. The van der Waals surface area contributed by atoms with Crippen molar-refractivity contribution in [2.75, 3.05) is 0 Å². The summed E-state index contributed by atoms with van der Waals surface area (Å²) < 4.78 is 6.35. The first kappa shape index (κ1) is 17.6. The van der Waals surface area contributed by atoms with Crippen molar-refractivity contribution in [1.29, 1.82) is 0 Å². The fourth-order valence-electron chi connectivity index (χ4n) is 2.02. The second-order valence-corrected chi connectivity index (χ2v) is 15.4. The van der Waals surface area contributed by atoms with E-state index in [0.717, 1.165) is 12.8 Å². The molecule has 0 aromatic heterocycles. The minimum atomic E-state index is -1.91. The summed E-state index contributed by atoms with van der Waals surface area (Å²) in [6.07, 6.45) is 2.02. The maximum Gasteiger partial charge on any atom is 0.246 e. The SMILES string of the molecule is C=C(C)C(=O)NC(CCC)[Si](C)(C)O[Si](C)(C)C. The summed E-state index contributed by atoms with van der Waals surface area (Å²) in [6, 6.07) is 0. The molecule has 5 heteroatoms. The molecule has 106 valence electrons. The molecule has 3 nitrogen and oxygen atoms in total. The summed E-state index contributed by atoms with van der Waals surface area (Å²) in [5.41, 5.74) is 0.729. The van der Waals surface area contributed by atoms with E-state index in [4.69, 9.17) is 4.12 Å². The lowest BCUT2D eigenvalue weighted by molar-refractivity contribution is -0.117. The molecular formula is C13H29NO2Si2. The Balaban J connectivity index is 4.86. The second kappa shape index (κ2) is 6.68. The second-order valence-electron chi connectivity index (χ2n) is 6.41. The largest absolute Gasteiger partial charge is 0.454 e. The number of nitrogens with one attached hydrogen (secondary N) is 1. The molecule has 0 aliphatic heterocycles. The van der Waals surface area contributed by atoms with Crippen LogP contribution in [0.25, 0.3) is 0 Å².